The smallest absolute Gasteiger partial charge is 0.235 e. The molecule has 1 aromatic carbocycles. The average Bonchev–Trinajstić information content (AvgIpc) is 2.47. The highest BCUT2D eigenvalue weighted by Crippen LogP contribution is 2.14. The van der Waals surface area contributed by atoms with Crippen molar-refractivity contribution in [1.82, 2.24) is 0 Å². The number of hydrogen-bond acceptors (Lipinski definition) is 5. The van der Waals surface area contributed by atoms with Gasteiger partial charge in [-0.15, -0.1) is 0 Å². The van der Waals surface area contributed by atoms with Gasteiger partial charge >= 0.3 is 0 Å². The summed E-state index contributed by atoms with van der Waals surface area (Å²) in [5.41, 5.74) is 5.39. The molecule has 22 heavy (non-hydrogen) atoms. The molecular weight excluding hydrogens is 289 g/mol. The fraction of sp³-hybridized carbons (Fsp3) is 0.200. The van der Waals surface area contributed by atoms with Crippen molar-refractivity contribution in [2.75, 3.05) is 0 Å². The molecule has 0 fully saturated rings. The zero-order valence-corrected chi connectivity index (χ0v) is 12.1. The maximum Gasteiger partial charge on any atom is 0.235 e. The van der Waals surface area contributed by atoms with Crippen LogP contribution in [0.25, 0.3) is 0 Å². The Morgan fingerprint density at radius 2 is 2.09 bits per heavy atom. The molecule has 118 valence electrons. The minimum absolute atomic E-state index is 0.408. The first kappa shape index (κ1) is 17.5. The number of allylic oxidation sites excluding steroid dienone is 1. The molecule has 2 unspecified atom stereocenters. The number of aliphatic hydroxyl groups is 1. The number of halogens is 1. The quantitative estimate of drug-likeness (QED) is 0.318. The van der Waals surface area contributed by atoms with E-state index in [0.29, 0.717) is 5.75 Å². The molecule has 0 radical (unpaired) electrons. The van der Waals surface area contributed by atoms with Crippen LogP contribution in [0.3, 0.4) is 0 Å². The molecule has 0 spiro atoms. The van der Waals surface area contributed by atoms with Gasteiger partial charge in [-0.1, -0.05) is 0 Å². The van der Waals surface area contributed by atoms with Crippen LogP contribution in [-0.2, 0) is 4.79 Å². The summed E-state index contributed by atoms with van der Waals surface area (Å²) in [6, 6.07) is 6.61. The standard InChI is InChI=1S/C15H18FN3O3/c1-10(16)22-12-4-2-11(3-5-12)19-9-7-14(21)15(18)13(20)6-8-17/h2-10,13,18-20H,17H2,1H3/p+1. The topological polar surface area (TPSA) is 113 Å². The Morgan fingerprint density at radius 3 is 2.64 bits per heavy atom. The SMILES string of the molecule is CC(F)Oc1ccc([NH2+]C=CC(=O)C(=N)C(O)C=CN)cc1. The first-order valence-electron chi connectivity index (χ1n) is 6.55. The minimum Gasteiger partial charge on any atom is -0.461 e. The summed E-state index contributed by atoms with van der Waals surface area (Å²) in [7, 11) is 0. The second-order valence-corrected chi connectivity index (χ2v) is 4.36. The van der Waals surface area contributed by atoms with E-state index >= 15 is 0 Å². The van der Waals surface area contributed by atoms with Gasteiger partial charge in [0.1, 0.15) is 29.5 Å². The van der Waals surface area contributed by atoms with Crippen molar-refractivity contribution in [3.8, 4) is 5.75 Å². The number of carbonyl (C=O) groups excluding carboxylic acids is 1. The Bertz CT molecular complexity index is 568. The van der Waals surface area contributed by atoms with Crippen LogP contribution in [0.2, 0.25) is 0 Å². The number of benzene rings is 1. The molecule has 1 rings (SSSR count). The van der Waals surface area contributed by atoms with E-state index in [-0.39, 0.29) is 0 Å². The molecule has 7 heteroatoms. The summed E-state index contributed by atoms with van der Waals surface area (Å²) in [6.07, 6.45) is 2.15. The molecule has 6 N–H and O–H groups in total. The monoisotopic (exact) mass is 308 g/mol. The molecule has 0 saturated carbocycles. The minimum atomic E-state index is -1.38. The molecule has 6 nitrogen and oxygen atoms in total. The van der Waals surface area contributed by atoms with Crippen LogP contribution in [0.5, 0.6) is 5.75 Å². The van der Waals surface area contributed by atoms with Gasteiger partial charge in [0.15, 0.2) is 0 Å². The van der Waals surface area contributed by atoms with Crippen molar-refractivity contribution in [3.63, 3.8) is 0 Å². The number of nitrogens with one attached hydrogen (secondary N) is 1. The van der Waals surface area contributed by atoms with Crippen LogP contribution < -0.4 is 15.8 Å². The third-order valence-corrected chi connectivity index (χ3v) is 2.57. The van der Waals surface area contributed by atoms with Gasteiger partial charge in [-0.05, 0) is 24.4 Å². The molecule has 0 bridgehead atoms. The van der Waals surface area contributed by atoms with Gasteiger partial charge in [0.05, 0.1) is 0 Å². The predicted molar refractivity (Wildman–Crippen MR) is 80.4 cm³/mol. The van der Waals surface area contributed by atoms with Gasteiger partial charge in [-0.2, -0.15) is 0 Å². The van der Waals surface area contributed by atoms with E-state index < -0.39 is 24.0 Å². The Kier molecular flexibility index (Phi) is 6.94. The molecule has 0 aromatic heterocycles. The summed E-state index contributed by atoms with van der Waals surface area (Å²) in [4.78, 5) is 11.6. The van der Waals surface area contributed by atoms with Crippen LogP contribution in [0, 0.1) is 5.41 Å². The maximum atomic E-state index is 12.6. The summed E-state index contributed by atoms with van der Waals surface area (Å²) in [5.74, 6) is -0.210. The number of rotatable bonds is 8. The molecule has 0 heterocycles. The maximum absolute atomic E-state index is 12.6. The van der Waals surface area contributed by atoms with Crippen LogP contribution >= 0.6 is 0 Å². The number of aliphatic hydroxyl groups excluding tert-OH is 1. The largest absolute Gasteiger partial charge is 0.461 e. The van der Waals surface area contributed by atoms with Gasteiger partial charge in [0.2, 0.25) is 12.1 Å². The third kappa shape index (κ3) is 5.86. The number of ketones is 1. The highest BCUT2D eigenvalue weighted by atomic mass is 19.1. The van der Waals surface area contributed by atoms with E-state index in [9.17, 15) is 14.3 Å². The fourth-order valence-corrected chi connectivity index (χ4v) is 1.53. The van der Waals surface area contributed by atoms with Crippen LogP contribution in [0.4, 0.5) is 10.1 Å². The Hall–Kier alpha value is -2.51. The number of quaternary nitrogens is 1. The van der Waals surface area contributed by atoms with Crippen molar-refractivity contribution in [2.45, 2.75) is 19.4 Å². The lowest BCUT2D eigenvalue weighted by atomic mass is 10.1. The summed E-state index contributed by atoms with van der Waals surface area (Å²) < 4.78 is 17.5. The molecule has 1 aromatic rings. The summed E-state index contributed by atoms with van der Waals surface area (Å²) >= 11 is 0. The molecule has 2 atom stereocenters. The molecule has 0 saturated heterocycles. The Morgan fingerprint density at radius 1 is 1.45 bits per heavy atom. The van der Waals surface area contributed by atoms with E-state index in [2.05, 4.69) is 0 Å². The zero-order chi connectivity index (χ0) is 16.5. The van der Waals surface area contributed by atoms with Crippen molar-refractivity contribution >= 4 is 17.2 Å². The molecule has 0 aliphatic heterocycles. The second kappa shape index (κ2) is 8.71. The van der Waals surface area contributed by atoms with E-state index in [4.69, 9.17) is 15.9 Å². The number of carbonyl (C=O) groups is 1. The Labute approximate surface area is 127 Å². The second-order valence-electron chi connectivity index (χ2n) is 4.36. The van der Waals surface area contributed by atoms with Gasteiger partial charge in [0, 0.05) is 25.1 Å². The normalized spacial score (nSPS) is 14.1. The summed E-state index contributed by atoms with van der Waals surface area (Å²) in [6.45, 7) is 1.29. The van der Waals surface area contributed by atoms with E-state index in [1.54, 1.807) is 29.6 Å². The van der Waals surface area contributed by atoms with E-state index in [1.807, 2.05) is 0 Å². The fourth-order valence-electron chi connectivity index (χ4n) is 1.53. The van der Waals surface area contributed by atoms with Gasteiger partial charge in [0.25, 0.3) is 0 Å². The average molecular weight is 308 g/mol. The van der Waals surface area contributed by atoms with Crippen molar-refractivity contribution in [3.05, 3.63) is 48.8 Å². The summed E-state index contributed by atoms with van der Waals surface area (Å²) in [5, 5.41) is 18.5. The first-order chi connectivity index (χ1) is 10.4. The number of ether oxygens (including phenoxy) is 1. The van der Waals surface area contributed by atoms with Gasteiger partial charge < -0.3 is 15.6 Å². The number of alkyl halides is 1. The van der Waals surface area contributed by atoms with Crippen molar-refractivity contribution < 1.29 is 24.3 Å². The van der Waals surface area contributed by atoms with Crippen LogP contribution in [0.1, 0.15) is 6.92 Å². The highest BCUT2D eigenvalue weighted by molar-refractivity contribution is 6.44. The van der Waals surface area contributed by atoms with Crippen molar-refractivity contribution in [1.29, 1.82) is 5.41 Å². The third-order valence-electron chi connectivity index (χ3n) is 2.57. The lowest BCUT2D eigenvalue weighted by molar-refractivity contribution is -0.496. The molecular formula is C15H19FN3O3+. The molecule has 0 amide bonds. The zero-order valence-electron chi connectivity index (χ0n) is 12.1. The van der Waals surface area contributed by atoms with Crippen LogP contribution in [0.15, 0.2) is 48.8 Å². The van der Waals surface area contributed by atoms with Crippen LogP contribution in [-0.4, -0.2) is 29.1 Å². The van der Waals surface area contributed by atoms with Gasteiger partial charge in [-0.3, -0.25) is 15.5 Å². The molecule has 0 aliphatic carbocycles. The predicted octanol–water partition coefficient (Wildman–Crippen LogP) is 0.512. The lowest BCUT2D eigenvalue weighted by Crippen LogP contribution is -2.71. The van der Waals surface area contributed by atoms with Crippen molar-refractivity contribution in [2.24, 2.45) is 5.73 Å². The molecule has 0 aliphatic rings. The lowest BCUT2D eigenvalue weighted by Gasteiger charge is -2.06. The Balaban J connectivity index is 2.54. The highest BCUT2D eigenvalue weighted by Gasteiger charge is 2.14. The number of nitrogens with two attached hydrogens (primary N) is 2. The van der Waals surface area contributed by atoms with E-state index in [0.717, 1.165) is 18.0 Å². The number of hydrogen-bond donors (Lipinski definition) is 4. The first-order valence-corrected chi connectivity index (χ1v) is 6.55. The van der Waals surface area contributed by atoms with E-state index in [1.165, 1.54) is 19.2 Å². The van der Waals surface area contributed by atoms with Gasteiger partial charge in [-0.25, -0.2) is 4.39 Å².